The van der Waals surface area contributed by atoms with Gasteiger partial charge in [0.05, 0.1) is 12.0 Å². The smallest absolute Gasteiger partial charge is 0.270 e. The maximum absolute atomic E-state index is 10.7. The van der Waals surface area contributed by atoms with Crippen molar-refractivity contribution in [3.05, 3.63) is 33.9 Å². The Morgan fingerprint density at radius 2 is 2.28 bits per heavy atom. The number of rotatable bonds is 7. The molecule has 0 amide bonds. The predicted molar refractivity (Wildman–Crippen MR) is 72.1 cm³/mol. The van der Waals surface area contributed by atoms with Crippen LogP contribution in [0.5, 0.6) is 5.75 Å². The van der Waals surface area contributed by atoms with E-state index in [0.29, 0.717) is 11.5 Å². The fraction of sp³-hybridized carbons (Fsp3) is 0.500. The number of aliphatic hydroxyl groups is 1. The van der Waals surface area contributed by atoms with Gasteiger partial charge in [-0.2, -0.15) is 11.8 Å². The number of aliphatic hydroxyl groups excluding tert-OH is 1. The van der Waals surface area contributed by atoms with Gasteiger partial charge in [0, 0.05) is 30.1 Å². The minimum Gasteiger partial charge on any atom is -0.496 e. The van der Waals surface area contributed by atoms with Crippen LogP contribution in [0.1, 0.15) is 12.5 Å². The molecule has 0 radical (unpaired) electrons. The van der Waals surface area contributed by atoms with Gasteiger partial charge in [-0.15, -0.1) is 0 Å². The minimum absolute atomic E-state index is 0.0709. The van der Waals surface area contributed by atoms with Gasteiger partial charge in [-0.3, -0.25) is 10.1 Å². The molecule has 5 nitrogen and oxygen atoms in total. The molecule has 0 fully saturated rings. The van der Waals surface area contributed by atoms with Crippen molar-refractivity contribution >= 4 is 17.4 Å². The lowest BCUT2D eigenvalue weighted by molar-refractivity contribution is -0.384. The van der Waals surface area contributed by atoms with E-state index < -0.39 is 4.92 Å². The van der Waals surface area contributed by atoms with Gasteiger partial charge in [-0.1, -0.05) is 6.92 Å². The molecule has 0 aliphatic heterocycles. The van der Waals surface area contributed by atoms with Crippen LogP contribution >= 0.6 is 11.8 Å². The summed E-state index contributed by atoms with van der Waals surface area (Å²) >= 11 is 1.63. The van der Waals surface area contributed by atoms with E-state index in [1.807, 2.05) is 6.92 Å². The molecule has 0 aliphatic rings. The first-order valence-electron chi connectivity index (χ1n) is 5.58. The van der Waals surface area contributed by atoms with Crippen molar-refractivity contribution in [3.63, 3.8) is 0 Å². The fourth-order valence-electron chi connectivity index (χ4n) is 1.41. The van der Waals surface area contributed by atoms with Gasteiger partial charge in [0.2, 0.25) is 0 Å². The van der Waals surface area contributed by atoms with E-state index in [1.54, 1.807) is 24.9 Å². The van der Waals surface area contributed by atoms with E-state index in [4.69, 9.17) is 9.84 Å². The molecule has 1 aromatic rings. The van der Waals surface area contributed by atoms with Crippen molar-refractivity contribution in [2.45, 2.75) is 12.7 Å². The Kier molecular flexibility index (Phi) is 5.94. The molecule has 0 heterocycles. The van der Waals surface area contributed by atoms with Crippen molar-refractivity contribution < 1.29 is 14.8 Å². The number of nitrogens with zero attached hydrogens (tertiary/aromatic N) is 1. The lowest BCUT2D eigenvalue weighted by Crippen LogP contribution is -2.03. The van der Waals surface area contributed by atoms with Crippen LogP contribution in [0, 0.1) is 16.0 Å². The molecule has 18 heavy (non-hydrogen) atoms. The Labute approximate surface area is 110 Å². The first-order chi connectivity index (χ1) is 8.58. The van der Waals surface area contributed by atoms with Crippen LogP contribution in [-0.4, -0.2) is 29.5 Å². The summed E-state index contributed by atoms with van der Waals surface area (Å²) in [4.78, 5) is 10.3. The van der Waals surface area contributed by atoms with Gasteiger partial charge >= 0.3 is 0 Å². The summed E-state index contributed by atoms with van der Waals surface area (Å²) in [6, 6.07) is 4.59. The van der Waals surface area contributed by atoms with E-state index in [2.05, 4.69) is 0 Å². The molecule has 100 valence electrons. The number of nitro groups is 1. The lowest BCUT2D eigenvalue weighted by atomic mass is 10.2. The molecule has 1 N–H and O–H groups in total. The number of hydrogen-bond acceptors (Lipinski definition) is 5. The molecular weight excluding hydrogens is 254 g/mol. The molecule has 6 heteroatoms. The molecule has 0 bridgehead atoms. The van der Waals surface area contributed by atoms with Crippen LogP contribution in [0.4, 0.5) is 5.69 Å². The quantitative estimate of drug-likeness (QED) is 0.609. The summed E-state index contributed by atoms with van der Waals surface area (Å²) in [5, 5.41) is 19.6. The minimum atomic E-state index is -0.413. The van der Waals surface area contributed by atoms with Crippen LogP contribution in [-0.2, 0) is 5.75 Å². The van der Waals surface area contributed by atoms with Crippen molar-refractivity contribution in [1.29, 1.82) is 0 Å². The van der Waals surface area contributed by atoms with Crippen molar-refractivity contribution in [1.82, 2.24) is 0 Å². The number of benzene rings is 1. The highest BCUT2D eigenvalue weighted by molar-refractivity contribution is 7.98. The number of hydrogen-bond donors (Lipinski definition) is 1. The van der Waals surface area contributed by atoms with E-state index in [1.165, 1.54) is 12.1 Å². The number of methoxy groups -OCH3 is 1. The van der Waals surface area contributed by atoms with Crippen LogP contribution in [0.2, 0.25) is 0 Å². The standard InChI is InChI=1S/C12H17NO4S/c1-9(6-14)7-18-8-10-5-11(13(15)16)3-4-12(10)17-2/h3-5,9,14H,6-8H2,1-2H3. The molecular formula is C12H17NO4S. The summed E-state index contributed by atoms with van der Waals surface area (Å²) in [7, 11) is 1.55. The molecule has 1 aromatic carbocycles. The molecule has 1 unspecified atom stereocenters. The zero-order chi connectivity index (χ0) is 13.5. The van der Waals surface area contributed by atoms with E-state index >= 15 is 0 Å². The Balaban J connectivity index is 2.72. The average Bonchev–Trinajstić information content (AvgIpc) is 2.38. The van der Waals surface area contributed by atoms with Crippen molar-refractivity contribution in [3.8, 4) is 5.75 Å². The number of non-ortho nitro benzene ring substituents is 1. The maximum atomic E-state index is 10.7. The highest BCUT2D eigenvalue weighted by atomic mass is 32.2. The molecule has 1 rings (SSSR count). The van der Waals surface area contributed by atoms with Crippen molar-refractivity contribution in [2.24, 2.45) is 5.92 Å². The second-order valence-electron chi connectivity index (χ2n) is 4.06. The Hall–Kier alpha value is -1.27. The van der Waals surface area contributed by atoms with Gasteiger partial charge in [-0.25, -0.2) is 0 Å². The summed E-state index contributed by atoms with van der Waals surface area (Å²) in [5.74, 6) is 2.32. The molecule has 0 spiro atoms. The third kappa shape index (κ3) is 4.19. The highest BCUT2D eigenvalue weighted by Gasteiger charge is 2.11. The zero-order valence-corrected chi connectivity index (χ0v) is 11.3. The Bertz CT molecular complexity index is 411. The van der Waals surface area contributed by atoms with E-state index in [-0.39, 0.29) is 18.2 Å². The van der Waals surface area contributed by atoms with Gasteiger partial charge in [0.1, 0.15) is 5.75 Å². The topological polar surface area (TPSA) is 72.6 Å². The monoisotopic (exact) mass is 271 g/mol. The third-order valence-electron chi connectivity index (χ3n) is 2.45. The van der Waals surface area contributed by atoms with Crippen molar-refractivity contribution in [2.75, 3.05) is 19.5 Å². The summed E-state index contributed by atoms with van der Waals surface area (Å²) in [6.45, 7) is 2.11. The Morgan fingerprint density at radius 3 is 2.83 bits per heavy atom. The number of nitro benzene ring substituents is 1. The normalized spacial score (nSPS) is 12.2. The van der Waals surface area contributed by atoms with Gasteiger partial charge < -0.3 is 9.84 Å². The SMILES string of the molecule is COc1ccc([N+](=O)[O-])cc1CSCC(C)CO. The second-order valence-corrected chi connectivity index (χ2v) is 5.09. The Morgan fingerprint density at radius 1 is 1.56 bits per heavy atom. The van der Waals surface area contributed by atoms with Gasteiger partial charge in [0.15, 0.2) is 0 Å². The average molecular weight is 271 g/mol. The van der Waals surface area contributed by atoms with Gasteiger partial charge in [-0.05, 0) is 17.7 Å². The van der Waals surface area contributed by atoms with Gasteiger partial charge in [0.25, 0.3) is 5.69 Å². The molecule has 0 saturated heterocycles. The lowest BCUT2D eigenvalue weighted by Gasteiger charge is -2.10. The summed E-state index contributed by atoms with van der Waals surface area (Å²) in [5.41, 5.74) is 0.878. The first-order valence-corrected chi connectivity index (χ1v) is 6.73. The first kappa shape index (κ1) is 14.8. The summed E-state index contributed by atoms with van der Waals surface area (Å²) < 4.78 is 5.18. The fourth-order valence-corrected chi connectivity index (χ4v) is 2.49. The number of ether oxygens (including phenoxy) is 1. The molecule has 0 aromatic heterocycles. The van der Waals surface area contributed by atoms with Crippen LogP contribution in [0.3, 0.4) is 0 Å². The third-order valence-corrected chi connectivity index (χ3v) is 3.77. The van der Waals surface area contributed by atoms with Crippen LogP contribution < -0.4 is 4.74 Å². The molecule has 0 saturated carbocycles. The maximum Gasteiger partial charge on any atom is 0.270 e. The van der Waals surface area contributed by atoms with Crippen LogP contribution in [0.15, 0.2) is 18.2 Å². The predicted octanol–water partition coefficient (Wildman–Crippen LogP) is 2.47. The van der Waals surface area contributed by atoms with E-state index in [0.717, 1.165) is 11.3 Å². The summed E-state index contributed by atoms with van der Waals surface area (Å²) in [6.07, 6.45) is 0. The molecule has 1 atom stereocenters. The highest BCUT2D eigenvalue weighted by Crippen LogP contribution is 2.28. The molecule has 0 aliphatic carbocycles. The zero-order valence-electron chi connectivity index (χ0n) is 10.5. The largest absolute Gasteiger partial charge is 0.496 e. The van der Waals surface area contributed by atoms with Crippen LogP contribution in [0.25, 0.3) is 0 Å². The second kappa shape index (κ2) is 7.23. The number of thioether (sulfide) groups is 1. The van der Waals surface area contributed by atoms with E-state index in [9.17, 15) is 10.1 Å².